The number of aliphatic imine (C=N–C) groups is 1. The summed E-state index contributed by atoms with van der Waals surface area (Å²) in [5, 5.41) is 66.9. The number of anilines is 2. The zero-order chi connectivity index (χ0) is 40.2. The van der Waals surface area contributed by atoms with Crippen LogP contribution in [0.5, 0.6) is 5.75 Å². The molecule has 1 aromatic heterocycles. The summed E-state index contributed by atoms with van der Waals surface area (Å²) in [4.78, 5) is 25.7. The number of unbranched alkanes of at least 4 members (excludes halogenated alkanes) is 1. The quantitative estimate of drug-likeness (QED) is 0.0410. The molecule has 0 saturated carbocycles. The number of aliphatic hydroxyl groups is 6. The van der Waals surface area contributed by atoms with Crippen molar-refractivity contribution in [1.29, 1.82) is 0 Å². The van der Waals surface area contributed by atoms with Crippen molar-refractivity contribution in [2.75, 3.05) is 57.5 Å². The van der Waals surface area contributed by atoms with Crippen LogP contribution in [-0.2, 0) is 20.6 Å². The first kappa shape index (κ1) is 44.2. The van der Waals surface area contributed by atoms with E-state index in [9.17, 15) is 35.4 Å². The molecule has 2 fully saturated rings. The average Bonchev–Trinajstić information content (AvgIpc) is 3.79. The lowest BCUT2D eigenvalue weighted by Gasteiger charge is -2.33. The van der Waals surface area contributed by atoms with E-state index in [-0.39, 0.29) is 79.9 Å². The highest BCUT2D eigenvalue weighted by atomic mass is 35.5. The highest BCUT2D eigenvalue weighted by Gasteiger charge is 2.39. The lowest BCUT2D eigenvalue weighted by Crippen LogP contribution is -2.53. The van der Waals surface area contributed by atoms with Crippen LogP contribution in [-0.4, -0.2) is 158 Å². The van der Waals surface area contributed by atoms with Gasteiger partial charge in [0.05, 0.1) is 37.6 Å². The first-order valence-electron chi connectivity index (χ1n) is 18.2. The minimum Gasteiger partial charge on any atom is -0.492 e. The van der Waals surface area contributed by atoms with E-state index >= 15 is 0 Å². The Morgan fingerprint density at radius 1 is 0.982 bits per heavy atom. The number of hydrogen-bond acceptors (Lipinski definition) is 17. The van der Waals surface area contributed by atoms with Gasteiger partial charge in [0.15, 0.2) is 34.7 Å². The minimum atomic E-state index is -1.60. The van der Waals surface area contributed by atoms with Crippen molar-refractivity contribution in [3.8, 4) is 5.75 Å². The Hall–Kier alpha value is -3.47. The Bertz CT molecular complexity index is 1510. The van der Waals surface area contributed by atoms with Crippen LogP contribution in [0.15, 0.2) is 29.3 Å². The maximum absolute atomic E-state index is 12.4. The van der Waals surface area contributed by atoms with E-state index in [4.69, 9.17) is 47.7 Å². The summed E-state index contributed by atoms with van der Waals surface area (Å²) in [5.74, 6) is -0.888. The molecule has 2 saturated heterocycles. The number of hydrogen-bond donors (Lipinski definition) is 10. The first-order valence-corrected chi connectivity index (χ1v) is 18.6. The topological polar surface area (TPSA) is 307 Å². The molecule has 1 amide bonds. The van der Waals surface area contributed by atoms with Crippen molar-refractivity contribution in [2.24, 2.45) is 16.6 Å². The van der Waals surface area contributed by atoms with Crippen molar-refractivity contribution in [1.82, 2.24) is 20.2 Å². The number of ether oxygens (including phenoxy) is 4. The molecule has 0 spiro atoms. The van der Waals surface area contributed by atoms with Gasteiger partial charge in [-0.15, -0.1) is 0 Å². The van der Waals surface area contributed by atoms with Gasteiger partial charge in [0.25, 0.3) is 5.91 Å². The molecule has 1 aromatic carbocycles. The van der Waals surface area contributed by atoms with Gasteiger partial charge >= 0.3 is 0 Å². The van der Waals surface area contributed by atoms with E-state index in [1.807, 2.05) is 31.2 Å². The van der Waals surface area contributed by atoms with Gasteiger partial charge in [0.2, 0.25) is 0 Å². The first-order chi connectivity index (χ1) is 26.1. The van der Waals surface area contributed by atoms with E-state index in [0.29, 0.717) is 25.1 Å². The maximum atomic E-state index is 12.4. The number of guanidine groups is 1. The molecule has 0 radical (unpaired) electrons. The molecule has 20 heteroatoms. The Labute approximate surface area is 324 Å². The van der Waals surface area contributed by atoms with Crippen LogP contribution in [0.25, 0.3) is 0 Å². The monoisotopic (exact) mass is 798 g/mol. The summed E-state index contributed by atoms with van der Waals surface area (Å²) in [7, 11) is 0. The molecule has 0 aliphatic carbocycles. The highest BCUT2D eigenvalue weighted by molar-refractivity contribution is 6.31. The molecule has 55 heavy (non-hydrogen) atoms. The van der Waals surface area contributed by atoms with Gasteiger partial charge in [0.1, 0.15) is 36.8 Å². The fourth-order valence-corrected chi connectivity index (χ4v) is 6.41. The number of rotatable bonds is 20. The van der Waals surface area contributed by atoms with Crippen LogP contribution in [0, 0.1) is 5.92 Å². The summed E-state index contributed by atoms with van der Waals surface area (Å²) in [6.07, 6.45) is -7.33. The van der Waals surface area contributed by atoms with E-state index in [1.165, 1.54) is 0 Å². The molecular formula is C35H55ClN8O11. The van der Waals surface area contributed by atoms with E-state index in [2.05, 4.69) is 20.3 Å². The smallest absolute Gasteiger partial charge is 0.280 e. The van der Waals surface area contributed by atoms with Crippen LogP contribution >= 0.6 is 11.6 Å². The largest absolute Gasteiger partial charge is 0.492 e. The minimum absolute atomic E-state index is 0.0514. The molecule has 3 heterocycles. The highest BCUT2D eigenvalue weighted by Crippen LogP contribution is 2.25. The fourth-order valence-electron chi connectivity index (χ4n) is 6.29. The van der Waals surface area contributed by atoms with Crippen molar-refractivity contribution in [3.05, 3.63) is 40.7 Å². The maximum Gasteiger partial charge on any atom is 0.280 e. The number of amides is 1. The molecule has 2 aliphatic heterocycles. The number of nitrogens with one attached hydrogen (secondary N) is 1. The zero-order valence-electron chi connectivity index (χ0n) is 31.0. The van der Waals surface area contributed by atoms with E-state index < -0.39 is 54.9 Å². The van der Waals surface area contributed by atoms with Gasteiger partial charge in [-0.25, -0.2) is 9.97 Å². The van der Waals surface area contributed by atoms with Crippen LogP contribution < -0.4 is 27.3 Å². The number of benzene rings is 1. The van der Waals surface area contributed by atoms with Gasteiger partial charge in [0, 0.05) is 32.1 Å². The molecule has 0 bridgehead atoms. The van der Waals surface area contributed by atoms with Gasteiger partial charge < -0.3 is 66.8 Å². The second-order valence-electron chi connectivity index (χ2n) is 13.9. The number of aryl methyl sites for hydroxylation is 1. The van der Waals surface area contributed by atoms with Crippen molar-refractivity contribution >= 4 is 35.1 Å². The number of nitrogen functional groups attached to an aromatic ring is 2. The third kappa shape index (κ3) is 13.3. The molecule has 0 unspecified atom stereocenters. The third-order valence-corrected chi connectivity index (χ3v) is 9.73. The normalized spacial score (nSPS) is 23.6. The lowest BCUT2D eigenvalue weighted by molar-refractivity contribution is -0.129. The van der Waals surface area contributed by atoms with Crippen LogP contribution in [0.3, 0.4) is 0 Å². The summed E-state index contributed by atoms with van der Waals surface area (Å²) in [5.41, 5.74) is 17.9. The number of nitrogens with two attached hydrogens (primary N) is 3. The molecule has 308 valence electrons. The summed E-state index contributed by atoms with van der Waals surface area (Å²) >= 11 is 5.82. The number of halogens is 1. The molecule has 13 N–H and O–H groups in total. The Morgan fingerprint density at radius 2 is 1.65 bits per heavy atom. The standard InChI is InChI=1S/C35H55ClN8O11/c1-18-13-21(16-53-18)27(47)28(48)23(45)14-44(15-24(46)29(49)30(50)25-17-54-19(2)55-25)11-12-52-22-8-6-20(7-9-22)5-3-4-10-40-35(39)43-34(51)26-32(37)42-33(38)31(36)41-26/h6-9,18-19,21,23-25,27-30,45-50H,3-5,10-17H2,1-2H3,(H4,37,38,42)(H3,39,40,43,51)/t18-,19+,21+,23-,24-,25+,27+,28+,29+,30+/m0/s1. The van der Waals surface area contributed by atoms with Gasteiger partial charge in [-0.3, -0.25) is 20.0 Å². The van der Waals surface area contributed by atoms with Crippen molar-refractivity contribution in [2.45, 2.75) is 94.7 Å². The second-order valence-corrected chi connectivity index (χ2v) is 14.2. The summed E-state index contributed by atoms with van der Waals surface area (Å²) in [6.45, 7) is 4.09. The number of carbonyl (C=O) groups excluding carboxylic acids is 1. The Morgan fingerprint density at radius 3 is 2.27 bits per heavy atom. The SMILES string of the molecule is C[C@@H]1OC[C@H]([C@@H](O)[C@H](O)[C@@H](O)CN(CCOc2ccc(CCCCN=C(N)NC(=O)c3nc(Cl)c(N)nc3N)cc2)C[C@H](O)[C@@H](O)[C@H](O)[C@H]2CO[C@@H](C)C2)O1. The molecule has 2 aliphatic rings. The molecular weight excluding hydrogens is 744 g/mol. The average molecular weight is 799 g/mol. The molecule has 10 atom stereocenters. The molecule has 2 aromatic rings. The van der Waals surface area contributed by atoms with E-state index in [0.717, 1.165) is 18.4 Å². The van der Waals surface area contributed by atoms with Crippen LogP contribution in [0.2, 0.25) is 5.15 Å². The Kier molecular flexibility index (Phi) is 17.0. The summed E-state index contributed by atoms with van der Waals surface area (Å²) < 4.78 is 22.2. The number of carbonyl (C=O) groups is 1. The predicted octanol–water partition coefficient (Wildman–Crippen LogP) is -1.61. The molecule has 19 nitrogen and oxygen atoms in total. The predicted molar refractivity (Wildman–Crippen MR) is 201 cm³/mol. The zero-order valence-corrected chi connectivity index (χ0v) is 31.7. The number of nitrogens with zero attached hydrogens (tertiary/aromatic N) is 4. The van der Waals surface area contributed by atoms with E-state index in [1.54, 1.807) is 11.8 Å². The third-order valence-electron chi connectivity index (χ3n) is 9.45. The number of aliphatic hydroxyl groups excluding tert-OH is 6. The van der Waals surface area contributed by atoms with Crippen LogP contribution in [0.4, 0.5) is 11.6 Å². The number of aromatic nitrogens is 2. The Balaban J connectivity index is 1.24. The van der Waals surface area contributed by atoms with Crippen molar-refractivity contribution < 1.29 is 54.4 Å². The van der Waals surface area contributed by atoms with Gasteiger partial charge in [-0.05, 0) is 57.2 Å². The second kappa shape index (κ2) is 21.2. The fraction of sp³-hybridized carbons (Fsp3) is 0.657. The summed E-state index contributed by atoms with van der Waals surface area (Å²) in [6, 6.07) is 7.45. The van der Waals surface area contributed by atoms with Gasteiger partial charge in [-0.1, -0.05) is 23.7 Å². The lowest BCUT2D eigenvalue weighted by atomic mass is 9.92. The van der Waals surface area contributed by atoms with Crippen molar-refractivity contribution in [3.63, 3.8) is 0 Å². The molecule has 4 rings (SSSR count). The van der Waals surface area contributed by atoms with Crippen LogP contribution in [0.1, 0.15) is 49.2 Å². The van der Waals surface area contributed by atoms with Gasteiger partial charge in [-0.2, -0.15) is 0 Å².